The van der Waals surface area contributed by atoms with Gasteiger partial charge in [-0.05, 0) is 36.1 Å². The van der Waals surface area contributed by atoms with E-state index in [2.05, 4.69) is 0 Å². The monoisotopic (exact) mass is 271 g/mol. The van der Waals surface area contributed by atoms with E-state index in [4.69, 9.17) is 17.3 Å². The Morgan fingerprint density at radius 2 is 2.11 bits per heavy atom. The number of hydrogen-bond donors (Lipinski definition) is 1. The molecule has 2 N–H and O–H groups in total. The molecule has 1 aromatic carbocycles. The normalized spacial score (nSPS) is 12.8. The molecule has 0 radical (unpaired) electrons. The van der Waals surface area contributed by atoms with Crippen LogP contribution in [0.5, 0.6) is 0 Å². The summed E-state index contributed by atoms with van der Waals surface area (Å²) in [5.41, 5.74) is 5.95. The molecule has 1 unspecified atom stereocenters. The van der Waals surface area contributed by atoms with Crippen molar-refractivity contribution in [3.8, 4) is 0 Å². The van der Waals surface area contributed by atoms with Crippen molar-refractivity contribution < 1.29 is 9.18 Å². The van der Waals surface area contributed by atoms with Gasteiger partial charge in [0.25, 0.3) is 0 Å². The SMILES string of the molecule is CC(C)CC(CN)C(=O)Cc1cc(Cl)ccc1F. The van der Waals surface area contributed by atoms with Crippen LogP contribution >= 0.6 is 11.6 Å². The van der Waals surface area contributed by atoms with Gasteiger partial charge in [-0.25, -0.2) is 4.39 Å². The summed E-state index contributed by atoms with van der Waals surface area (Å²) in [6.45, 7) is 4.38. The van der Waals surface area contributed by atoms with Gasteiger partial charge in [0.05, 0.1) is 0 Å². The third-order valence-corrected chi connectivity index (χ3v) is 3.10. The van der Waals surface area contributed by atoms with E-state index in [9.17, 15) is 9.18 Å². The second-order valence-corrected chi connectivity index (χ2v) is 5.38. The Balaban J connectivity index is 2.76. The van der Waals surface area contributed by atoms with Crippen molar-refractivity contribution in [2.24, 2.45) is 17.6 Å². The molecule has 18 heavy (non-hydrogen) atoms. The second kappa shape index (κ2) is 6.86. The standard InChI is InChI=1S/C14H19ClFNO/c1-9(2)5-11(8-17)14(18)7-10-6-12(15)3-4-13(10)16/h3-4,6,9,11H,5,7-8,17H2,1-2H3. The number of nitrogens with two attached hydrogens (primary N) is 1. The van der Waals surface area contributed by atoms with Crippen LogP contribution in [0.3, 0.4) is 0 Å². The van der Waals surface area contributed by atoms with Gasteiger partial charge in [0.1, 0.15) is 11.6 Å². The van der Waals surface area contributed by atoms with Gasteiger partial charge >= 0.3 is 0 Å². The minimum absolute atomic E-state index is 0.0210. The predicted molar refractivity (Wildman–Crippen MR) is 72.1 cm³/mol. The van der Waals surface area contributed by atoms with E-state index < -0.39 is 5.82 Å². The predicted octanol–water partition coefficient (Wildman–Crippen LogP) is 3.21. The molecule has 0 bridgehead atoms. The summed E-state index contributed by atoms with van der Waals surface area (Å²) in [5.74, 6) is -0.226. The van der Waals surface area contributed by atoms with Crippen molar-refractivity contribution in [2.45, 2.75) is 26.7 Å². The van der Waals surface area contributed by atoms with Gasteiger partial charge in [-0.15, -0.1) is 0 Å². The van der Waals surface area contributed by atoms with Crippen LogP contribution in [0, 0.1) is 17.7 Å². The number of Topliss-reactive ketones (excluding diaryl/α,β-unsaturated/α-hetero) is 1. The topological polar surface area (TPSA) is 43.1 Å². The van der Waals surface area contributed by atoms with E-state index in [0.717, 1.165) is 6.42 Å². The molecule has 0 spiro atoms. The van der Waals surface area contributed by atoms with Crippen molar-refractivity contribution in [3.63, 3.8) is 0 Å². The Bertz CT molecular complexity index is 420. The van der Waals surface area contributed by atoms with Crippen LogP contribution in [0.4, 0.5) is 4.39 Å². The quantitative estimate of drug-likeness (QED) is 0.863. The van der Waals surface area contributed by atoms with Gasteiger partial charge in [0.2, 0.25) is 0 Å². The molecule has 1 aromatic rings. The highest BCUT2D eigenvalue weighted by atomic mass is 35.5. The van der Waals surface area contributed by atoms with E-state index in [0.29, 0.717) is 23.0 Å². The zero-order chi connectivity index (χ0) is 13.7. The van der Waals surface area contributed by atoms with Crippen molar-refractivity contribution >= 4 is 17.4 Å². The summed E-state index contributed by atoms with van der Waals surface area (Å²) in [5, 5.41) is 0.437. The van der Waals surface area contributed by atoms with Gasteiger partial charge < -0.3 is 5.73 Å². The van der Waals surface area contributed by atoms with Crippen LogP contribution in [0.25, 0.3) is 0 Å². The molecule has 0 amide bonds. The highest BCUT2D eigenvalue weighted by Crippen LogP contribution is 2.19. The Kier molecular flexibility index (Phi) is 5.76. The van der Waals surface area contributed by atoms with Crippen molar-refractivity contribution in [3.05, 3.63) is 34.6 Å². The molecule has 4 heteroatoms. The Labute approximate surface area is 112 Å². The summed E-state index contributed by atoms with van der Waals surface area (Å²) in [7, 11) is 0. The molecular weight excluding hydrogens is 253 g/mol. The van der Waals surface area contributed by atoms with Crippen LogP contribution in [0.2, 0.25) is 5.02 Å². The fourth-order valence-electron chi connectivity index (χ4n) is 1.94. The van der Waals surface area contributed by atoms with Crippen molar-refractivity contribution in [1.29, 1.82) is 0 Å². The molecule has 100 valence electrons. The molecule has 0 heterocycles. The zero-order valence-corrected chi connectivity index (χ0v) is 11.5. The third kappa shape index (κ3) is 4.39. The smallest absolute Gasteiger partial charge is 0.141 e. The highest BCUT2D eigenvalue weighted by molar-refractivity contribution is 6.30. The lowest BCUT2D eigenvalue weighted by atomic mass is 9.90. The minimum Gasteiger partial charge on any atom is -0.330 e. The van der Waals surface area contributed by atoms with E-state index in [1.807, 2.05) is 13.8 Å². The first kappa shape index (κ1) is 15.1. The first-order valence-corrected chi connectivity index (χ1v) is 6.48. The van der Waals surface area contributed by atoms with Crippen LogP contribution in [-0.2, 0) is 11.2 Å². The molecule has 0 aliphatic heterocycles. The van der Waals surface area contributed by atoms with E-state index in [1.165, 1.54) is 18.2 Å². The maximum atomic E-state index is 13.5. The number of ketones is 1. The summed E-state index contributed by atoms with van der Waals surface area (Å²) in [4.78, 5) is 12.1. The zero-order valence-electron chi connectivity index (χ0n) is 10.7. The van der Waals surface area contributed by atoms with Gasteiger partial charge in [-0.3, -0.25) is 4.79 Å². The van der Waals surface area contributed by atoms with Gasteiger partial charge in [-0.1, -0.05) is 25.4 Å². The number of hydrogen-bond acceptors (Lipinski definition) is 2. The molecule has 0 aliphatic rings. The van der Waals surface area contributed by atoms with Crippen LogP contribution in [-0.4, -0.2) is 12.3 Å². The first-order chi connectivity index (χ1) is 8.43. The van der Waals surface area contributed by atoms with Crippen LogP contribution in [0.1, 0.15) is 25.8 Å². The molecule has 0 fully saturated rings. The lowest BCUT2D eigenvalue weighted by Crippen LogP contribution is -2.26. The number of benzene rings is 1. The molecule has 0 aliphatic carbocycles. The minimum atomic E-state index is -0.395. The maximum absolute atomic E-state index is 13.5. The highest BCUT2D eigenvalue weighted by Gasteiger charge is 2.19. The summed E-state index contributed by atoms with van der Waals surface area (Å²) < 4.78 is 13.5. The first-order valence-electron chi connectivity index (χ1n) is 6.10. The Morgan fingerprint density at radius 1 is 1.44 bits per heavy atom. The third-order valence-electron chi connectivity index (χ3n) is 2.87. The van der Waals surface area contributed by atoms with Gasteiger partial charge in [0.15, 0.2) is 0 Å². The lowest BCUT2D eigenvalue weighted by Gasteiger charge is -2.16. The number of carbonyl (C=O) groups is 1. The Morgan fingerprint density at radius 3 is 2.67 bits per heavy atom. The van der Waals surface area contributed by atoms with E-state index in [-0.39, 0.29) is 18.1 Å². The van der Waals surface area contributed by atoms with Crippen molar-refractivity contribution in [2.75, 3.05) is 6.54 Å². The van der Waals surface area contributed by atoms with Crippen molar-refractivity contribution in [1.82, 2.24) is 0 Å². The lowest BCUT2D eigenvalue weighted by molar-refractivity contribution is -0.122. The molecular formula is C14H19ClFNO. The summed E-state index contributed by atoms with van der Waals surface area (Å²) in [6.07, 6.45) is 0.790. The van der Waals surface area contributed by atoms with Crippen LogP contribution < -0.4 is 5.73 Å². The molecule has 0 aromatic heterocycles. The molecule has 2 nitrogen and oxygen atoms in total. The number of halogens is 2. The number of carbonyl (C=O) groups excluding carboxylic acids is 1. The second-order valence-electron chi connectivity index (χ2n) is 4.94. The molecule has 1 rings (SSSR count). The summed E-state index contributed by atoms with van der Waals surface area (Å²) >= 11 is 5.80. The molecule has 0 saturated heterocycles. The largest absolute Gasteiger partial charge is 0.330 e. The van der Waals surface area contributed by atoms with E-state index in [1.54, 1.807) is 0 Å². The fraction of sp³-hybridized carbons (Fsp3) is 0.500. The maximum Gasteiger partial charge on any atom is 0.141 e. The summed E-state index contributed by atoms with van der Waals surface area (Å²) in [6, 6.07) is 4.25. The van der Waals surface area contributed by atoms with Gasteiger partial charge in [0, 0.05) is 23.9 Å². The molecule has 1 atom stereocenters. The molecule has 0 saturated carbocycles. The average Bonchev–Trinajstić information content (AvgIpc) is 2.30. The Hall–Kier alpha value is -0.930. The fourth-order valence-corrected chi connectivity index (χ4v) is 2.13. The van der Waals surface area contributed by atoms with Gasteiger partial charge in [-0.2, -0.15) is 0 Å². The van der Waals surface area contributed by atoms with Crippen LogP contribution in [0.15, 0.2) is 18.2 Å². The number of rotatable bonds is 6. The average molecular weight is 272 g/mol. The van der Waals surface area contributed by atoms with E-state index >= 15 is 0 Å².